The fraction of sp³-hybridized carbons (Fsp3) is 0.350. The van der Waals surface area contributed by atoms with Gasteiger partial charge in [-0.2, -0.15) is 0 Å². The molecule has 1 amide bonds. The Morgan fingerprint density at radius 1 is 1.17 bits per heavy atom. The number of para-hydroxylation sites is 2. The van der Waals surface area contributed by atoms with Crippen molar-refractivity contribution in [2.24, 2.45) is 5.92 Å². The molecule has 2 aromatic carbocycles. The fourth-order valence-corrected chi connectivity index (χ4v) is 3.21. The summed E-state index contributed by atoms with van der Waals surface area (Å²) in [5, 5.41) is 6.14. The van der Waals surface area contributed by atoms with Gasteiger partial charge in [-0.3, -0.25) is 4.79 Å². The highest BCUT2D eigenvalue weighted by molar-refractivity contribution is 5.93. The SMILES string of the molecule is CNCC(C)C(=O)Nc1ccccc1CN1CCc2ccccc21. The van der Waals surface area contributed by atoms with E-state index in [1.54, 1.807) is 0 Å². The van der Waals surface area contributed by atoms with Gasteiger partial charge < -0.3 is 15.5 Å². The number of hydrogen-bond donors (Lipinski definition) is 2. The second kappa shape index (κ2) is 7.49. The van der Waals surface area contributed by atoms with Crippen molar-refractivity contribution in [2.75, 3.05) is 30.4 Å². The van der Waals surface area contributed by atoms with Crippen LogP contribution in [0.5, 0.6) is 0 Å². The number of hydrogen-bond acceptors (Lipinski definition) is 3. The molecule has 4 nitrogen and oxygen atoms in total. The van der Waals surface area contributed by atoms with Crippen molar-refractivity contribution in [3.63, 3.8) is 0 Å². The predicted molar refractivity (Wildman–Crippen MR) is 99.4 cm³/mol. The van der Waals surface area contributed by atoms with E-state index in [1.807, 2.05) is 32.2 Å². The largest absolute Gasteiger partial charge is 0.367 e. The highest BCUT2D eigenvalue weighted by Crippen LogP contribution is 2.30. The van der Waals surface area contributed by atoms with Crippen molar-refractivity contribution >= 4 is 17.3 Å². The summed E-state index contributed by atoms with van der Waals surface area (Å²) in [6.07, 6.45) is 1.09. The van der Waals surface area contributed by atoms with Crippen LogP contribution in [-0.4, -0.2) is 26.0 Å². The molecular weight excluding hydrogens is 298 g/mol. The number of anilines is 2. The van der Waals surface area contributed by atoms with Crippen LogP contribution < -0.4 is 15.5 Å². The Hall–Kier alpha value is -2.33. The Kier molecular flexibility index (Phi) is 5.16. The molecule has 2 N–H and O–H groups in total. The van der Waals surface area contributed by atoms with E-state index in [1.165, 1.54) is 11.3 Å². The molecule has 1 atom stereocenters. The van der Waals surface area contributed by atoms with Gasteiger partial charge in [-0.25, -0.2) is 0 Å². The zero-order chi connectivity index (χ0) is 16.9. The van der Waals surface area contributed by atoms with Crippen molar-refractivity contribution in [3.05, 3.63) is 59.7 Å². The molecule has 1 aliphatic heterocycles. The summed E-state index contributed by atoms with van der Waals surface area (Å²) in [7, 11) is 1.86. The topological polar surface area (TPSA) is 44.4 Å². The molecule has 0 saturated heterocycles. The number of nitrogens with one attached hydrogen (secondary N) is 2. The van der Waals surface area contributed by atoms with Crippen molar-refractivity contribution in [2.45, 2.75) is 19.9 Å². The Morgan fingerprint density at radius 2 is 1.92 bits per heavy atom. The number of benzene rings is 2. The third-order valence-electron chi connectivity index (χ3n) is 4.58. The second-order valence-electron chi connectivity index (χ2n) is 6.41. The standard InChI is InChI=1S/C20H25N3O/c1-15(13-21-2)20(24)22-18-9-5-3-8-17(18)14-23-12-11-16-7-4-6-10-19(16)23/h3-10,15,21H,11-14H2,1-2H3,(H,22,24). The first-order valence-corrected chi connectivity index (χ1v) is 8.55. The Labute approximate surface area is 143 Å². The minimum atomic E-state index is -0.0597. The number of carbonyl (C=O) groups excluding carboxylic acids is 1. The van der Waals surface area contributed by atoms with Crippen molar-refractivity contribution < 1.29 is 4.79 Å². The van der Waals surface area contributed by atoms with Crippen molar-refractivity contribution in [1.29, 1.82) is 0 Å². The van der Waals surface area contributed by atoms with Gasteiger partial charge >= 0.3 is 0 Å². The molecule has 0 aromatic heterocycles. The number of nitrogens with zero attached hydrogens (tertiary/aromatic N) is 1. The molecule has 2 aromatic rings. The van der Waals surface area contributed by atoms with Gasteiger partial charge in [-0.1, -0.05) is 43.3 Å². The molecule has 0 saturated carbocycles. The van der Waals surface area contributed by atoms with E-state index in [9.17, 15) is 4.79 Å². The summed E-state index contributed by atoms with van der Waals surface area (Å²) in [6.45, 7) is 4.45. The van der Waals surface area contributed by atoms with Gasteiger partial charge in [0.05, 0.1) is 0 Å². The maximum atomic E-state index is 12.3. The van der Waals surface area contributed by atoms with Crippen LogP contribution in [0, 0.1) is 5.92 Å². The van der Waals surface area contributed by atoms with Crippen LogP contribution in [-0.2, 0) is 17.8 Å². The monoisotopic (exact) mass is 323 g/mol. The van der Waals surface area contributed by atoms with Gasteiger partial charge in [0.25, 0.3) is 0 Å². The zero-order valence-electron chi connectivity index (χ0n) is 14.4. The molecule has 0 bridgehead atoms. The fourth-order valence-electron chi connectivity index (χ4n) is 3.21. The normalized spacial score (nSPS) is 14.3. The second-order valence-corrected chi connectivity index (χ2v) is 6.41. The molecule has 0 spiro atoms. The molecular formula is C20H25N3O. The Balaban J connectivity index is 1.75. The minimum Gasteiger partial charge on any atom is -0.367 e. The van der Waals surface area contributed by atoms with Crippen molar-refractivity contribution in [3.8, 4) is 0 Å². The highest BCUT2D eigenvalue weighted by atomic mass is 16.1. The van der Waals surface area contributed by atoms with Crippen molar-refractivity contribution in [1.82, 2.24) is 5.32 Å². The van der Waals surface area contributed by atoms with Gasteiger partial charge in [0.2, 0.25) is 5.91 Å². The maximum Gasteiger partial charge on any atom is 0.228 e. The molecule has 126 valence electrons. The van der Waals surface area contributed by atoms with Crippen LogP contribution in [0.2, 0.25) is 0 Å². The summed E-state index contributed by atoms with van der Waals surface area (Å²) < 4.78 is 0. The molecule has 1 unspecified atom stereocenters. The van der Waals surface area contributed by atoms with E-state index in [-0.39, 0.29) is 11.8 Å². The molecule has 0 radical (unpaired) electrons. The van der Waals surface area contributed by atoms with E-state index < -0.39 is 0 Å². The smallest absolute Gasteiger partial charge is 0.228 e. The van der Waals surface area contributed by atoms with Crippen LogP contribution in [0.4, 0.5) is 11.4 Å². The molecule has 0 fully saturated rings. The van der Waals surface area contributed by atoms with E-state index >= 15 is 0 Å². The quantitative estimate of drug-likeness (QED) is 0.859. The summed E-state index contributed by atoms with van der Waals surface area (Å²) in [5.41, 5.74) is 4.78. The molecule has 1 aliphatic rings. The molecule has 4 heteroatoms. The van der Waals surface area contributed by atoms with E-state index in [4.69, 9.17) is 0 Å². The molecule has 0 aliphatic carbocycles. The summed E-state index contributed by atoms with van der Waals surface area (Å²) in [4.78, 5) is 14.7. The van der Waals surface area contributed by atoms with Gasteiger partial charge in [0.15, 0.2) is 0 Å². The third-order valence-corrected chi connectivity index (χ3v) is 4.58. The summed E-state index contributed by atoms with van der Waals surface area (Å²) >= 11 is 0. The highest BCUT2D eigenvalue weighted by Gasteiger charge is 2.20. The molecule has 3 rings (SSSR count). The average Bonchev–Trinajstić information content (AvgIpc) is 3.00. The lowest BCUT2D eigenvalue weighted by molar-refractivity contribution is -0.119. The lowest BCUT2D eigenvalue weighted by atomic mass is 10.1. The molecule has 1 heterocycles. The van der Waals surface area contributed by atoms with Gasteiger partial charge in [0.1, 0.15) is 0 Å². The van der Waals surface area contributed by atoms with E-state index in [0.29, 0.717) is 6.54 Å². The first kappa shape index (κ1) is 16.5. The Bertz CT molecular complexity index is 714. The van der Waals surface area contributed by atoms with Gasteiger partial charge in [0, 0.05) is 36.9 Å². The van der Waals surface area contributed by atoms with Crippen LogP contribution >= 0.6 is 0 Å². The number of amides is 1. The number of fused-ring (bicyclic) bond motifs is 1. The minimum absolute atomic E-state index is 0.0543. The first-order chi connectivity index (χ1) is 11.7. The third kappa shape index (κ3) is 3.60. The maximum absolute atomic E-state index is 12.3. The van der Waals surface area contributed by atoms with Gasteiger partial charge in [-0.15, -0.1) is 0 Å². The van der Waals surface area contributed by atoms with Crippen LogP contribution in [0.3, 0.4) is 0 Å². The van der Waals surface area contributed by atoms with E-state index in [0.717, 1.165) is 30.8 Å². The average molecular weight is 323 g/mol. The van der Waals surface area contributed by atoms with Gasteiger partial charge in [-0.05, 0) is 36.7 Å². The van der Waals surface area contributed by atoms with Crippen LogP contribution in [0.15, 0.2) is 48.5 Å². The van der Waals surface area contributed by atoms with Crippen LogP contribution in [0.25, 0.3) is 0 Å². The lowest BCUT2D eigenvalue weighted by Crippen LogP contribution is -2.29. The first-order valence-electron chi connectivity index (χ1n) is 8.55. The zero-order valence-corrected chi connectivity index (χ0v) is 14.4. The van der Waals surface area contributed by atoms with E-state index in [2.05, 4.69) is 45.9 Å². The number of rotatable bonds is 6. The number of carbonyl (C=O) groups is 1. The Morgan fingerprint density at radius 3 is 2.75 bits per heavy atom. The summed E-state index contributed by atoms with van der Waals surface area (Å²) in [6, 6.07) is 16.6. The molecule has 24 heavy (non-hydrogen) atoms. The predicted octanol–water partition coefficient (Wildman–Crippen LogP) is 3.04. The summed E-state index contributed by atoms with van der Waals surface area (Å²) in [5.74, 6) is -0.00538. The van der Waals surface area contributed by atoms with Crippen LogP contribution in [0.1, 0.15) is 18.1 Å². The lowest BCUT2D eigenvalue weighted by Gasteiger charge is -2.22.